The summed E-state index contributed by atoms with van der Waals surface area (Å²) in [5.41, 5.74) is 1.12. The van der Waals surface area contributed by atoms with Crippen molar-refractivity contribution in [3.05, 3.63) is 59.7 Å². The third-order valence-electron chi connectivity index (χ3n) is 2.50. The smallest absolute Gasteiger partial charge is 0.224 e. The lowest BCUT2D eigenvalue weighted by Crippen LogP contribution is -1.93. The van der Waals surface area contributed by atoms with Gasteiger partial charge in [-0.15, -0.1) is 0 Å². The molecule has 94 valence electrons. The zero-order valence-corrected chi connectivity index (χ0v) is 11.1. The fourth-order valence-electron chi connectivity index (χ4n) is 1.51. The van der Waals surface area contributed by atoms with Crippen LogP contribution in [0.4, 0.5) is 0 Å². The molecule has 0 unspecified atom stereocenters. The Labute approximate surface area is 115 Å². The lowest BCUT2D eigenvalue weighted by molar-refractivity contribution is 0.108. The van der Waals surface area contributed by atoms with Crippen LogP contribution in [0.5, 0.6) is 5.75 Å². The number of nitrogens with zero attached hydrogens (tertiary/aromatic N) is 1. The number of carbonyl (C=O) groups is 1. The number of hydrogen-bond acceptors (Lipinski definition) is 4. The summed E-state index contributed by atoms with van der Waals surface area (Å²) < 4.78 is 5.11. The molecule has 0 N–H and O–H groups in total. The molecule has 0 bridgehead atoms. The molecule has 0 aromatic heterocycles. The van der Waals surface area contributed by atoms with E-state index in [0.29, 0.717) is 11.1 Å². The molecule has 0 fully saturated rings. The first-order valence-corrected chi connectivity index (χ1v) is 6.41. The van der Waals surface area contributed by atoms with Gasteiger partial charge in [0.2, 0.25) is 5.12 Å². The number of carbonyl (C=O) groups excluding carboxylic acids is 1. The molecule has 3 nitrogen and oxygen atoms in total. The Kier molecular flexibility index (Phi) is 4.22. The zero-order valence-electron chi connectivity index (χ0n) is 10.3. The molecule has 0 aliphatic heterocycles. The molecule has 4 heteroatoms. The fraction of sp³-hybridized carbons (Fsp3) is 0.0667. The van der Waals surface area contributed by atoms with Crippen LogP contribution in [-0.4, -0.2) is 12.2 Å². The average molecular weight is 269 g/mol. The second-order valence-corrected chi connectivity index (χ2v) is 4.80. The van der Waals surface area contributed by atoms with Crippen molar-refractivity contribution in [1.82, 2.24) is 0 Å². The lowest BCUT2D eigenvalue weighted by Gasteiger charge is -2.03. The second-order valence-electron chi connectivity index (χ2n) is 3.76. The third kappa shape index (κ3) is 3.36. The molecule has 0 aliphatic carbocycles. The largest absolute Gasteiger partial charge is 0.497 e. The maximum Gasteiger partial charge on any atom is 0.224 e. The van der Waals surface area contributed by atoms with Crippen molar-refractivity contribution in [2.24, 2.45) is 0 Å². The van der Waals surface area contributed by atoms with E-state index in [1.54, 1.807) is 31.4 Å². The first-order chi connectivity index (χ1) is 9.22. The van der Waals surface area contributed by atoms with Gasteiger partial charge in [-0.2, -0.15) is 5.26 Å². The van der Waals surface area contributed by atoms with Gasteiger partial charge in [0.15, 0.2) is 0 Å². The minimum absolute atomic E-state index is 0.0576. The van der Waals surface area contributed by atoms with Crippen molar-refractivity contribution >= 4 is 16.9 Å². The van der Waals surface area contributed by atoms with E-state index in [1.807, 2.05) is 30.3 Å². The number of methoxy groups -OCH3 is 1. The maximum absolute atomic E-state index is 12.1. The fourth-order valence-corrected chi connectivity index (χ4v) is 2.30. The van der Waals surface area contributed by atoms with Crippen molar-refractivity contribution < 1.29 is 9.53 Å². The van der Waals surface area contributed by atoms with Crippen molar-refractivity contribution in [3.63, 3.8) is 0 Å². The van der Waals surface area contributed by atoms with Crippen molar-refractivity contribution in [2.75, 3.05) is 7.11 Å². The Balaban J connectivity index is 2.13. The molecule has 2 rings (SSSR count). The quantitative estimate of drug-likeness (QED) is 0.800. The van der Waals surface area contributed by atoms with Crippen LogP contribution in [0.25, 0.3) is 0 Å². The highest BCUT2D eigenvalue weighted by molar-refractivity contribution is 8.14. The van der Waals surface area contributed by atoms with Gasteiger partial charge in [0, 0.05) is 10.5 Å². The Bertz CT molecular complexity index is 629. The van der Waals surface area contributed by atoms with Crippen LogP contribution in [0.1, 0.15) is 15.9 Å². The van der Waals surface area contributed by atoms with Crippen molar-refractivity contribution in [1.29, 1.82) is 5.26 Å². The van der Waals surface area contributed by atoms with E-state index < -0.39 is 0 Å². The van der Waals surface area contributed by atoms with Gasteiger partial charge < -0.3 is 4.74 Å². The molecule has 0 radical (unpaired) electrons. The monoisotopic (exact) mass is 269 g/mol. The van der Waals surface area contributed by atoms with Crippen LogP contribution in [0, 0.1) is 11.3 Å². The minimum atomic E-state index is -0.0576. The van der Waals surface area contributed by atoms with Crippen LogP contribution in [0.2, 0.25) is 0 Å². The summed E-state index contributed by atoms with van der Waals surface area (Å²) in [5, 5.41) is 8.65. The molecule has 0 amide bonds. The molecular weight excluding hydrogens is 258 g/mol. The van der Waals surface area contributed by atoms with Crippen LogP contribution < -0.4 is 4.74 Å². The van der Waals surface area contributed by atoms with E-state index in [2.05, 4.69) is 0 Å². The van der Waals surface area contributed by atoms with Gasteiger partial charge >= 0.3 is 0 Å². The van der Waals surface area contributed by atoms with Crippen LogP contribution in [0.3, 0.4) is 0 Å². The van der Waals surface area contributed by atoms with Crippen LogP contribution in [-0.2, 0) is 0 Å². The average Bonchev–Trinajstić information content (AvgIpc) is 2.47. The normalized spacial score (nSPS) is 9.68. The molecule has 2 aromatic rings. The topological polar surface area (TPSA) is 50.1 Å². The van der Waals surface area contributed by atoms with Crippen LogP contribution in [0.15, 0.2) is 53.4 Å². The summed E-state index contributed by atoms with van der Waals surface area (Å²) in [4.78, 5) is 12.9. The summed E-state index contributed by atoms with van der Waals surface area (Å²) in [6, 6.07) is 16.0. The van der Waals surface area contributed by atoms with Gasteiger partial charge in [-0.1, -0.05) is 6.07 Å². The predicted octanol–water partition coefficient (Wildman–Crippen LogP) is 3.50. The van der Waals surface area contributed by atoms with Gasteiger partial charge in [-0.3, -0.25) is 4.79 Å². The summed E-state index contributed by atoms with van der Waals surface area (Å²) in [7, 11) is 1.59. The first-order valence-electron chi connectivity index (χ1n) is 5.59. The Morgan fingerprint density at radius 3 is 2.58 bits per heavy atom. The van der Waals surface area contributed by atoms with Crippen molar-refractivity contribution in [3.8, 4) is 11.8 Å². The number of thioether (sulfide) groups is 1. The minimum Gasteiger partial charge on any atom is -0.497 e. The molecule has 0 saturated heterocycles. The van der Waals surface area contributed by atoms with E-state index in [1.165, 1.54) is 0 Å². The van der Waals surface area contributed by atoms with Gasteiger partial charge in [-0.05, 0) is 54.2 Å². The Morgan fingerprint density at radius 2 is 1.95 bits per heavy atom. The van der Waals surface area contributed by atoms with Gasteiger partial charge in [0.25, 0.3) is 0 Å². The summed E-state index contributed by atoms with van der Waals surface area (Å²) >= 11 is 1.14. The Hall–Kier alpha value is -2.25. The number of nitriles is 1. The standard InChI is InChI=1S/C15H11NO2S/c1-18-13-3-2-4-14(9-13)19-15(17)12-7-5-11(10-16)6-8-12/h2-9H,1H3. The number of hydrogen-bond donors (Lipinski definition) is 0. The maximum atomic E-state index is 12.1. The lowest BCUT2D eigenvalue weighted by atomic mass is 10.2. The SMILES string of the molecule is COc1cccc(SC(=O)c2ccc(C#N)cc2)c1. The van der Waals surface area contributed by atoms with Gasteiger partial charge in [0.1, 0.15) is 5.75 Å². The number of benzene rings is 2. The van der Waals surface area contributed by atoms with E-state index in [-0.39, 0.29) is 5.12 Å². The Morgan fingerprint density at radius 1 is 1.21 bits per heavy atom. The first kappa shape index (κ1) is 13.2. The van der Waals surface area contributed by atoms with E-state index in [9.17, 15) is 4.79 Å². The zero-order chi connectivity index (χ0) is 13.7. The second kappa shape index (κ2) is 6.07. The molecule has 19 heavy (non-hydrogen) atoms. The van der Waals surface area contributed by atoms with E-state index >= 15 is 0 Å². The highest BCUT2D eigenvalue weighted by Gasteiger charge is 2.08. The summed E-state index contributed by atoms with van der Waals surface area (Å²) in [6.45, 7) is 0. The highest BCUT2D eigenvalue weighted by Crippen LogP contribution is 2.26. The molecule has 0 aliphatic rings. The molecular formula is C15H11NO2S. The molecule has 0 saturated carbocycles. The van der Waals surface area contributed by atoms with E-state index in [4.69, 9.17) is 10.00 Å². The molecule has 0 atom stereocenters. The highest BCUT2D eigenvalue weighted by atomic mass is 32.2. The number of rotatable bonds is 3. The molecule has 0 spiro atoms. The van der Waals surface area contributed by atoms with Crippen molar-refractivity contribution in [2.45, 2.75) is 4.90 Å². The molecule has 0 heterocycles. The summed E-state index contributed by atoms with van der Waals surface area (Å²) in [6.07, 6.45) is 0. The van der Waals surface area contributed by atoms with E-state index in [0.717, 1.165) is 22.4 Å². The van der Waals surface area contributed by atoms with Gasteiger partial charge in [-0.25, -0.2) is 0 Å². The molecule has 2 aromatic carbocycles. The third-order valence-corrected chi connectivity index (χ3v) is 3.41. The van der Waals surface area contributed by atoms with Gasteiger partial charge in [0.05, 0.1) is 18.7 Å². The van der Waals surface area contributed by atoms with Crippen LogP contribution >= 0.6 is 11.8 Å². The number of ether oxygens (including phenoxy) is 1. The predicted molar refractivity (Wildman–Crippen MR) is 74.3 cm³/mol. The summed E-state index contributed by atoms with van der Waals surface area (Å²) in [5.74, 6) is 0.720.